The van der Waals surface area contributed by atoms with E-state index in [0.29, 0.717) is 19.4 Å². The van der Waals surface area contributed by atoms with Crippen molar-refractivity contribution in [3.63, 3.8) is 0 Å². The molecule has 0 radical (unpaired) electrons. The third-order valence-corrected chi connectivity index (χ3v) is 3.26. The van der Waals surface area contributed by atoms with Crippen LogP contribution in [0.25, 0.3) is 0 Å². The Bertz CT molecular complexity index is 497. The number of carboxylic acids is 1. The topological polar surface area (TPSA) is 77.8 Å². The normalized spacial score (nSPS) is 19.2. The monoisotopic (exact) mass is 267 g/mol. The number of likely N-dealkylation sites (tertiary alicyclic amines) is 1. The van der Waals surface area contributed by atoms with Gasteiger partial charge in [-0.05, 0) is 25.0 Å². The molecule has 1 heterocycles. The van der Waals surface area contributed by atoms with Crippen molar-refractivity contribution in [2.75, 3.05) is 13.1 Å². The van der Waals surface area contributed by atoms with Crippen molar-refractivity contribution >= 4 is 11.9 Å². The molecule has 2 N–H and O–H groups in total. The Labute approximate surface area is 109 Å². The van der Waals surface area contributed by atoms with Gasteiger partial charge in [-0.25, -0.2) is 4.39 Å². The predicted octanol–water partition coefficient (Wildman–Crippen LogP) is 1.47. The van der Waals surface area contributed by atoms with Gasteiger partial charge >= 0.3 is 5.97 Å². The summed E-state index contributed by atoms with van der Waals surface area (Å²) < 4.78 is 13.6. The van der Waals surface area contributed by atoms with Crippen LogP contribution in [0.3, 0.4) is 0 Å². The molecule has 0 bridgehead atoms. The van der Waals surface area contributed by atoms with E-state index in [2.05, 4.69) is 0 Å². The second kappa shape index (κ2) is 5.26. The highest BCUT2D eigenvalue weighted by atomic mass is 19.1. The number of aromatic hydroxyl groups is 1. The van der Waals surface area contributed by atoms with Crippen LogP contribution in [0.1, 0.15) is 23.2 Å². The maximum absolute atomic E-state index is 13.6. The van der Waals surface area contributed by atoms with Crippen molar-refractivity contribution in [3.8, 4) is 5.75 Å². The number of carboxylic acid groups (broad SMARTS) is 1. The second-order valence-electron chi connectivity index (χ2n) is 4.56. The van der Waals surface area contributed by atoms with Gasteiger partial charge in [0.2, 0.25) is 0 Å². The third-order valence-electron chi connectivity index (χ3n) is 3.26. The third kappa shape index (κ3) is 2.67. The van der Waals surface area contributed by atoms with E-state index in [4.69, 9.17) is 5.11 Å². The lowest BCUT2D eigenvalue weighted by atomic mass is 9.97. The molecule has 5 nitrogen and oxygen atoms in total. The summed E-state index contributed by atoms with van der Waals surface area (Å²) >= 11 is 0. The SMILES string of the molecule is O=C(O)[C@H]1CCCN(C(=O)c2c(O)cccc2F)C1. The minimum absolute atomic E-state index is 0.0436. The van der Waals surface area contributed by atoms with Crippen molar-refractivity contribution in [3.05, 3.63) is 29.6 Å². The molecule has 1 amide bonds. The summed E-state index contributed by atoms with van der Waals surface area (Å²) in [4.78, 5) is 24.4. The zero-order chi connectivity index (χ0) is 14.0. The van der Waals surface area contributed by atoms with Gasteiger partial charge < -0.3 is 15.1 Å². The highest BCUT2D eigenvalue weighted by Crippen LogP contribution is 2.25. The Morgan fingerprint density at radius 2 is 2.11 bits per heavy atom. The lowest BCUT2D eigenvalue weighted by molar-refractivity contribution is -0.143. The average Bonchev–Trinajstić information content (AvgIpc) is 2.38. The molecule has 1 aliphatic heterocycles. The average molecular weight is 267 g/mol. The number of nitrogens with zero attached hydrogens (tertiary/aromatic N) is 1. The number of phenols is 1. The summed E-state index contributed by atoms with van der Waals surface area (Å²) in [5, 5.41) is 18.5. The molecule has 0 saturated carbocycles. The molecule has 1 aromatic carbocycles. The van der Waals surface area contributed by atoms with Crippen molar-refractivity contribution in [2.24, 2.45) is 5.92 Å². The van der Waals surface area contributed by atoms with Crippen molar-refractivity contribution in [2.45, 2.75) is 12.8 Å². The standard InChI is InChI=1S/C13H14FNO4/c14-9-4-1-5-10(16)11(9)12(17)15-6-2-3-8(7-15)13(18)19/h1,4-5,8,16H,2-3,6-7H2,(H,18,19)/t8-/m0/s1. The first-order valence-corrected chi connectivity index (χ1v) is 6.00. The smallest absolute Gasteiger partial charge is 0.308 e. The van der Waals surface area contributed by atoms with E-state index in [9.17, 15) is 19.1 Å². The van der Waals surface area contributed by atoms with Crippen LogP contribution in [0.15, 0.2) is 18.2 Å². The molecule has 0 aliphatic carbocycles. The van der Waals surface area contributed by atoms with Crippen LogP contribution < -0.4 is 0 Å². The molecule has 1 aromatic rings. The minimum atomic E-state index is -0.963. The number of aliphatic carboxylic acids is 1. The van der Waals surface area contributed by atoms with Gasteiger partial charge in [0.15, 0.2) is 0 Å². The Hall–Kier alpha value is -2.11. The molecular weight excluding hydrogens is 253 g/mol. The summed E-state index contributed by atoms with van der Waals surface area (Å²) in [6.45, 7) is 0.415. The summed E-state index contributed by atoms with van der Waals surface area (Å²) in [5.41, 5.74) is -0.395. The summed E-state index contributed by atoms with van der Waals surface area (Å²) in [6.07, 6.45) is 1.06. The number of rotatable bonds is 2. The highest BCUT2D eigenvalue weighted by molar-refractivity contribution is 5.97. The predicted molar refractivity (Wildman–Crippen MR) is 64.3 cm³/mol. The first-order chi connectivity index (χ1) is 9.00. The Kier molecular flexibility index (Phi) is 3.69. The number of piperidine rings is 1. The highest BCUT2D eigenvalue weighted by Gasteiger charge is 2.30. The minimum Gasteiger partial charge on any atom is -0.507 e. The van der Waals surface area contributed by atoms with E-state index in [1.807, 2.05) is 0 Å². The fourth-order valence-corrected chi connectivity index (χ4v) is 2.25. The van der Waals surface area contributed by atoms with Gasteiger partial charge in [-0.15, -0.1) is 0 Å². The molecule has 102 valence electrons. The van der Waals surface area contributed by atoms with E-state index in [-0.39, 0.29) is 6.54 Å². The summed E-state index contributed by atoms with van der Waals surface area (Å²) in [7, 11) is 0. The summed E-state index contributed by atoms with van der Waals surface area (Å²) in [6, 6.07) is 3.62. The van der Waals surface area contributed by atoms with E-state index < -0.39 is 34.9 Å². The maximum Gasteiger partial charge on any atom is 0.308 e. The second-order valence-corrected chi connectivity index (χ2v) is 4.56. The van der Waals surface area contributed by atoms with Crippen LogP contribution in [-0.4, -0.2) is 40.1 Å². The number of benzene rings is 1. The molecular formula is C13H14FNO4. The molecule has 1 atom stereocenters. The van der Waals surface area contributed by atoms with Gasteiger partial charge in [-0.1, -0.05) is 6.07 Å². The van der Waals surface area contributed by atoms with Crippen LogP contribution in [-0.2, 0) is 4.79 Å². The number of halogens is 1. The molecule has 19 heavy (non-hydrogen) atoms. The van der Waals surface area contributed by atoms with Gasteiger partial charge in [-0.3, -0.25) is 9.59 Å². The molecule has 0 aromatic heterocycles. The Balaban J connectivity index is 2.22. The van der Waals surface area contributed by atoms with Gasteiger partial charge in [0.1, 0.15) is 17.1 Å². The van der Waals surface area contributed by atoms with Gasteiger partial charge in [0.25, 0.3) is 5.91 Å². The largest absolute Gasteiger partial charge is 0.507 e. The molecule has 1 saturated heterocycles. The Morgan fingerprint density at radius 3 is 2.74 bits per heavy atom. The van der Waals surface area contributed by atoms with E-state index in [1.165, 1.54) is 17.0 Å². The van der Waals surface area contributed by atoms with Crippen molar-refractivity contribution in [1.82, 2.24) is 4.90 Å². The lowest BCUT2D eigenvalue weighted by Crippen LogP contribution is -2.42. The Morgan fingerprint density at radius 1 is 1.37 bits per heavy atom. The number of phenolic OH excluding ortho intramolecular Hbond substituents is 1. The molecule has 2 rings (SSSR count). The lowest BCUT2D eigenvalue weighted by Gasteiger charge is -2.30. The van der Waals surface area contributed by atoms with E-state index in [1.54, 1.807) is 0 Å². The number of amides is 1. The van der Waals surface area contributed by atoms with Crippen molar-refractivity contribution in [1.29, 1.82) is 0 Å². The molecule has 6 heteroatoms. The van der Waals surface area contributed by atoms with Crippen LogP contribution in [0.4, 0.5) is 4.39 Å². The van der Waals surface area contributed by atoms with Crippen molar-refractivity contribution < 1.29 is 24.2 Å². The molecule has 0 unspecified atom stereocenters. The fourth-order valence-electron chi connectivity index (χ4n) is 2.25. The van der Waals surface area contributed by atoms with Crippen LogP contribution in [0.2, 0.25) is 0 Å². The first-order valence-electron chi connectivity index (χ1n) is 6.00. The van der Waals surface area contributed by atoms with Gasteiger partial charge in [0.05, 0.1) is 5.92 Å². The summed E-state index contributed by atoms with van der Waals surface area (Å²) in [5.74, 6) is -3.49. The zero-order valence-electron chi connectivity index (χ0n) is 10.2. The number of carbonyl (C=O) groups excluding carboxylic acids is 1. The first kappa shape index (κ1) is 13.3. The quantitative estimate of drug-likeness (QED) is 0.850. The van der Waals surface area contributed by atoms with Crippen LogP contribution in [0, 0.1) is 11.7 Å². The molecule has 1 fully saturated rings. The van der Waals surface area contributed by atoms with Crippen LogP contribution >= 0.6 is 0 Å². The molecule has 1 aliphatic rings. The molecule has 0 spiro atoms. The van der Waals surface area contributed by atoms with E-state index in [0.717, 1.165) is 6.07 Å². The van der Waals surface area contributed by atoms with Gasteiger partial charge in [0, 0.05) is 13.1 Å². The van der Waals surface area contributed by atoms with Gasteiger partial charge in [-0.2, -0.15) is 0 Å². The zero-order valence-corrected chi connectivity index (χ0v) is 10.2. The van der Waals surface area contributed by atoms with Crippen LogP contribution in [0.5, 0.6) is 5.75 Å². The fraction of sp³-hybridized carbons (Fsp3) is 0.385. The van der Waals surface area contributed by atoms with E-state index >= 15 is 0 Å². The number of carbonyl (C=O) groups is 2. The number of hydrogen-bond donors (Lipinski definition) is 2. The maximum atomic E-state index is 13.6. The number of hydrogen-bond acceptors (Lipinski definition) is 3.